The lowest BCUT2D eigenvalue weighted by atomic mass is 10.0. The number of halogens is 5. The Kier molecular flexibility index (Phi) is 6.28. The number of carbonyl (C=O) groups is 2. The summed E-state index contributed by atoms with van der Waals surface area (Å²) < 4.78 is 51.0. The van der Waals surface area contributed by atoms with Gasteiger partial charge in [0.15, 0.2) is 5.69 Å². The van der Waals surface area contributed by atoms with Gasteiger partial charge in [0, 0.05) is 5.56 Å². The lowest BCUT2D eigenvalue weighted by molar-refractivity contribution is -0.137. The van der Waals surface area contributed by atoms with E-state index in [0.717, 1.165) is 25.0 Å². The van der Waals surface area contributed by atoms with Gasteiger partial charge >= 0.3 is 18.1 Å². The summed E-state index contributed by atoms with van der Waals surface area (Å²) in [6, 6.07) is 9.98. The summed E-state index contributed by atoms with van der Waals surface area (Å²) in [5, 5.41) is 3.12. The summed E-state index contributed by atoms with van der Waals surface area (Å²) in [7, 11) is 2.15. The highest BCUT2D eigenvalue weighted by Gasteiger charge is 2.37. The predicted octanol–water partition coefficient (Wildman–Crippen LogP) is 5.44. The molecule has 0 radical (unpaired) electrons. The number of carbonyl (C=O) groups excluding carboxylic acids is 2. The number of nitrogens with zero attached hydrogens (tertiary/aromatic N) is 2. The molecule has 0 unspecified atom stereocenters. The number of esters is 2. The van der Waals surface area contributed by atoms with Gasteiger partial charge in [-0.15, -0.1) is 0 Å². The minimum Gasteiger partial charge on any atom is -0.465 e. The zero-order valence-electron chi connectivity index (χ0n) is 16.0. The van der Waals surface area contributed by atoms with E-state index in [2.05, 4.69) is 5.10 Å². The molecule has 3 rings (SSSR count). The molecule has 0 spiro atoms. The van der Waals surface area contributed by atoms with E-state index < -0.39 is 33.7 Å². The molecule has 0 aliphatic rings. The first kappa shape index (κ1) is 22.6. The molecule has 31 heavy (non-hydrogen) atoms. The molecular weight excluding hydrogens is 460 g/mol. The Balaban J connectivity index is 2.41. The molecule has 6 nitrogen and oxygen atoms in total. The molecule has 0 N–H and O–H groups in total. The lowest BCUT2D eigenvalue weighted by Gasteiger charge is -2.12. The zero-order chi connectivity index (χ0) is 22.9. The molecule has 11 heteroatoms. The van der Waals surface area contributed by atoms with Crippen molar-refractivity contribution >= 4 is 35.1 Å². The fraction of sp³-hybridized carbons (Fsp3) is 0.150. The van der Waals surface area contributed by atoms with Gasteiger partial charge in [-0.25, -0.2) is 14.3 Å². The Labute approximate surface area is 184 Å². The van der Waals surface area contributed by atoms with E-state index in [9.17, 15) is 22.8 Å². The SMILES string of the molecule is COC(=O)c1c(-c2cc(Cl)c(Cl)c(C(F)(F)F)c2)nn(-c2ccccc2)c1C(=O)OC. The van der Waals surface area contributed by atoms with Gasteiger partial charge in [-0.1, -0.05) is 41.4 Å². The molecule has 0 aliphatic carbocycles. The molecule has 0 saturated heterocycles. The molecule has 2 aromatic carbocycles. The van der Waals surface area contributed by atoms with E-state index in [-0.39, 0.29) is 22.5 Å². The van der Waals surface area contributed by atoms with E-state index in [1.165, 1.54) is 0 Å². The number of benzene rings is 2. The second kappa shape index (κ2) is 8.60. The molecule has 1 heterocycles. The van der Waals surface area contributed by atoms with Crippen molar-refractivity contribution in [2.24, 2.45) is 0 Å². The number of rotatable bonds is 4. The maximum atomic E-state index is 13.4. The van der Waals surface area contributed by atoms with Crippen LogP contribution in [0.5, 0.6) is 0 Å². The third-order valence-electron chi connectivity index (χ3n) is 4.26. The Hall–Kier alpha value is -3.04. The zero-order valence-corrected chi connectivity index (χ0v) is 17.5. The molecule has 0 aliphatic heterocycles. The van der Waals surface area contributed by atoms with Crippen molar-refractivity contribution in [1.29, 1.82) is 0 Å². The Morgan fingerprint density at radius 3 is 2.16 bits per heavy atom. The fourth-order valence-corrected chi connectivity index (χ4v) is 3.32. The molecule has 0 bridgehead atoms. The van der Waals surface area contributed by atoms with E-state index in [0.29, 0.717) is 11.8 Å². The topological polar surface area (TPSA) is 70.4 Å². The normalized spacial score (nSPS) is 11.3. The van der Waals surface area contributed by atoms with Crippen molar-refractivity contribution in [1.82, 2.24) is 9.78 Å². The Morgan fingerprint density at radius 2 is 1.61 bits per heavy atom. The molecule has 162 valence electrons. The quantitative estimate of drug-likeness (QED) is 0.473. The first-order valence-corrected chi connectivity index (χ1v) is 9.27. The summed E-state index contributed by atoms with van der Waals surface area (Å²) in [6.45, 7) is 0. The van der Waals surface area contributed by atoms with Crippen molar-refractivity contribution < 1.29 is 32.2 Å². The number of alkyl halides is 3. The van der Waals surface area contributed by atoms with Crippen molar-refractivity contribution in [3.05, 3.63) is 69.3 Å². The van der Waals surface area contributed by atoms with Gasteiger partial charge in [0.25, 0.3) is 0 Å². The van der Waals surface area contributed by atoms with Gasteiger partial charge in [-0.2, -0.15) is 18.3 Å². The molecule has 0 saturated carbocycles. The third kappa shape index (κ3) is 4.24. The smallest absolute Gasteiger partial charge is 0.417 e. The van der Waals surface area contributed by atoms with Gasteiger partial charge in [0.1, 0.15) is 11.3 Å². The van der Waals surface area contributed by atoms with Gasteiger partial charge in [-0.3, -0.25) is 0 Å². The summed E-state index contributed by atoms with van der Waals surface area (Å²) in [5.74, 6) is -1.95. The summed E-state index contributed by atoms with van der Waals surface area (Å²) in [4.78, 5) is 25.1. The predicted molar refractivity (Wildman–Crippen MR) is 107 cm³/mol. The third-order valence-corrected chi connectivity index (χ3v) is 5.06. The van der Waals surface area contributed by atoms with Gasteiger partial charge in [-0.05, 0) is 24.3 Å². The molecule has 0 amide bonds. The number of ether oxygens (including phenoxy) is 2. The van der Waals surface area contributed by atoms with Crippen LogP contribution < -0.4 is 0 Å². The molecule has 0 fully saturated rings. The summed E-state index contributed by atoms with van der Waals surface area (Å²) >= 11 is 11.6. The Bertz CT molecular complexity index is 1160. The van der Waals surface area contributed by atoms with Crippen LogP contribution in [0.4, 0.5) is 13.2 Å². The van der Waals surface area contributed by atoms with Crippen LogP contribution in [0.1, 0.15) is 26.4 Å². The van der Waals surface area contributed by atoms with Crippen molar-refractivity contribution in [3.8, 4) is 16.9 Å². The first-order chi connectivity index (χ1) is 14.6. The monoisotopic (exact) mass is 472 g/mol. The van der Waals surface area contributed by atoms with Gasteiger partial charge in [0.2, 0.25) is 0 Å². The molecule has 1 aromatic heterocycles. The standard InChI is InChI=1S/C20H13Cl2F3N2O4/c1-30-18(28)14-16(10-8-12(20(23,24)25)15(22)13(21)9-10)26-27(17(14)19(29)31-2)11-6-4-3-5-7-11/h3-9H,1-2H3. The highest BCUT2D eigenvalue weighted by Crippen LogP contribution is 2.42. The van der Waals surface area contributed by atoms with E-state index in [1.54, 1.807) is 30.3 Å². The highest BCUT2D eigenvalue weighted by atomic mass is 35.5. The van der Waals surface area contributed by atoms with Crippen LogP contribution >= 0.6 is 23.2 Å². The van der Waals surface area contributed by atoms with Crippen molar-refractivity contribution in [2.45, 2.75) is 6.18 Å². The molecule has 0 atom stereocenters. The maximum Gasteiger partial charge on any atom is 0.417 e. The minimum absolute atomic E-state index is 0.193. The number of methoxy groups -OCH3 is 2. The van der Waals surface area contributed by atoms with Gasteiger partial charge < -0.3 is 9.47 Å². The van der Waals surface area contributed by atoms with Crippen LogP contribution in [0.3, 0.4) is 0 Å². The van der Waals surface area contributed by atoms with Crippen LogP contribution in [0.25, 0.3) is 16.9 Å². The molecular formula is C20H13Cl2F3N2O4. The van der Waals surface area contributed by atoms with E-state index in [4.69, 9.17) is 32.7 Å². The second-order valence-electron chi connectivity index (χ2n) is 6.12. The number of hydrogen-bond donors (Lipinski definition) is 0. The number of hydrogen-bond acceptors (Lipinski definition) is 5. The van der Waals surface area contributed by atoms with Crippen LogP contribution in [0, 0.1) is 0 Å². The highest BCUT2D eigenvalue weighted by molar-refractivity contribution is 6.42. The summed E-state index contributed by atoms with van der Waals surface area (Å²) in [5.41, 5.74) is -2.03. The van der Waals surface area contributed by atoms with E-state index >= 15 is 0 Å². The van der Waals surface area contributed by atoms with Crippen molar-refractivity contribution in [2.75, 3.05) is 14.2 Å². The van der Waals surface area contributed by atoms with E-state index in [1.807, 2.05) is 0 Å². The van der Waals surface area contributed by atoms with Crippen LogP contribution in [0.2, 0.25) is 10.0 Å². The Morgan fingerprint density at radius 1 is 1.00 bits per heavy atom. The van der Waals surface area contributed by atoms with Crippen molar-refractivity contribution in [3.63, 3.8) is 0 Å². The average Bonchev–Trinajstić information content (AvgIpc) is 3.14. The fourth-order valence-electron chi connectivity index (χ4n) is 2.89. The molecule has 3 aromatic rings. The summed E-state index contributed by atoms with van der Waals surface area (Å²) in [6.07, 6.45) is -4.82. The second-order valence-corrected chi connectivity index (χ2v) is 6.91. The lowest BCUT2D eigenvalue weighted by Crippen LogP contribution is -2.15. The first-order valence-electron chi connectivity index (χ1n) is 8.51. The minimum atomic E-state index is -4.82. The maximum absolute atomic E-state index is 13.4. The average molecular weight is 473 g/mol. The largest absolute Gasteiger partial charge is 0.465 e. The number of aromatic nitrogens is 2. The van der Waals surface area contributed by atoms with Crippen LogP contribution in [-0.4, -0.2) is 35.9 Å². The van der Waals surface area contributed by atoms with Gasteiger partial charge in [0.05, 0.1) is 35.5 Å². The number of para-hydroxylation sites is 1. The van der Waals surface area contributed by atoms with Crippen LogP contribution in [0.15, 0.2) is 42.5 Å². The van der Waals surface area contributed by atoms with Crippen LogP contribution in [-0.2, 0) is 15.7 Å².